The Labute approximate surface area is 175 Å². The molecule has 0 spiro atoms. The van der Waals surface area contributed by atoms with Crippen LogP contribution in [0, 0.1) is 5.82 Å². The summed E-state index contributed by atoms with van der Waals surface area (Å²) in [6, 6.07) is 10.4. The minimum Gasteiger partial charge on any atom is -0.406 e. The van der Waals surface area contributed by atoms with Crippen molar-refractivity contribution >= 4 is 17.5 Å². The van der Waals surface area contributed by atoms with Gasteiger partial charge in [-0.05, 0) is 54.8 Å². The topological polar surface area (TPSA) is 76.7 Å². The number of hydrogen-bond acceptors (Lipinski definition) is 4. The molecule has 0 bridgehead atoms. The van der Waals surface area contributed by atoms with Gasteiger partial charge in [0.05, 0.1) is 0 Å². The Kier molecular flexibility index (Phi) is 6.79. The zero-order valence-corrected chi connectivity index (χ0v) is 16.3. The number of benzene rings is 2. The van der Waals surface area contributed by atoms with E-state index in [2.05, 4.69) is 15.4 Å². The second kappa shape index (κ2) is 9.34. The summed E-state index contributed by atoms with van der Waals surface area (Å²) >= 11 is 0. The number of anilines is 1. The third-order valence-corrected chi connectivity index (χ3v) is 5.05. The lowest BCUT2D eigenvalue weighted by atomic mass is 9.74. The number of carbonyl (C=O) groups excluding carboxylic acids is 2. The third-order valence-electron chi connectivity index (χ3n) is 5.05. The summed E-state index contributed by atoms with van der Waals surface area (Å²) < 4.78 is 59.0. The molecule has 2 N–H and O–H groups in total. The van der Waals surface area contributed by atoms with Gasteiger partial charge in [-0.25, -0.2) is 4.39 Å². The standard InChI is InChI=1S/C21H20F4N2O4/c22-15-3-1-14(2-4-15)20(9-11-30-12-10-20)13-26-18(28)19(29)27-16-5-7-17(8-6-16)31-21(23,24)25/h1-8H,9-13H2,(H,26,28)(H,27,29). The molecule has 10 heteroatoms. The van der Waals surface area contributed by atoms with Crippen molar-refractivity contribution in [2.24, 2.45) is 0 Å². The predicted octanol–water partition coefficient (Wildman–Crippen LogP) is 3.53. The van der Waals surface area contributed by atoms with Crippen LogP contribution in [0.1, 0.15) is 18.4 Å². The van der Waals surface area contributed by atoms with Crippen LogP contribution in [0.15, 0.2) is 48.5 Å². The van der Waals surface area contributed by atoms with Gasteiger partial charge in [0.25, 0.3) is 0 Å². The molecule has 2 amide bonds. The van der Waals surface area contributed by atoms with Crippen molar-refractivity contribution in [2.45, 2.75) is 24.6 Å². The average Bonchev–Trinajstić information content (AvgIpc) is 2.73. The first-order valence-corrected chi connectivity index (χ1v) is 9.46. The van der Waals surface area contributed by atoms with E-state index in [0.29, 0.717) is 26.1 Å². The van der Waals surface area contributed by atoms with Gasteiger partial charge in [-0.3, -0.25) is 9.59 Å². The molecule has 1 aliphatic heterocycles. The summed E-state index contributed by atoms with van der Waals surface area (Å²) in [6.45, 7) is 1.07. The highest BCUT2D eigenvalue weighted by Crippen LogP contribution is 2.34. The summed E-state index contributed by atoms with van der Waals surface area (Å²) in [5, 5.41) is 4.91. The van der Waals surface area contributed by atoms with Crippen LogP contribution in [0.3, 0.4) is 0 Å². The minimum atomic E-state index is -4.82. The zero-order valence-electron chi connectivity index (χ0n) is 16.3. The molecule has 1 saturated heterocycles. The Morgan fingerprint density at radius 2 is 1.58 bits per heavy atom. The van der Waals surface area contributed by atoms with Gasteiger partial charge in [0, 0.05) is 30.9 Å². The maximum absolute atomic E-state index is 13.3. The van der Waals surface area contributed by atoms with Crippen LogP contribution < -0.4 is 15.4 Å². The van der Waals surface area contributed by atoms with Crippen molar-refractivity contribution in [3.05, 3.63) is 59.9 Å². The van der Waals surface area contributed by atoms with E-state index in [-0.39, 0.29) is 18.0 Å². The lowest BCUT2D eigenvalue weighted by Crippen LogP contribution is -2.47. The summed E-state index contributed by atoms with van der Waals surface area (Å²) in [4.78, 5) is 24.5. The van der Waals surface area contributed by atoms with E-state index in [4.69, 9.17) is 4.74 Å². The predicted molar refractivity (Wildman–Crippen MR) is 103 cm³/mol. The molecule has 1 heterocycles. The summed E-state index contributed by atoms with van der Waals surface area (Å²) in [6.07, 6.45) is -3.66. The van der Waals surface area contributed by atoms with Gasteiger partial charge in [0.1, 0.15) is 11.6 Å². The number of carbonyl (C=O) groups is 2. The molecule has 0 saturated carbocycles. The van der Waals surface area contributed by atoms with E-state index in [1.807, 2.05) is 0 Å². The average molecular weight is 440 g/mol. The highest BCUT2D eigenvalue weighted by atomic mass is 19.4. The smallest absolute Gasteiger partial charge is 0.406 e. The largest absolute Gasteiger partial charge is 0.573 e. The van der Waals surface area contributed by atoms with E-state index in [1.165, 1.54) is 24.3 Å². The van der Waals surface area contributed by atoms with Gasteiger partial charge in [-0.2, -0.15) is 0 Å². The van der Waals surface area contributed by atoms with Crippen molar-refractivity contribution in [1.29, 1.82) is 0 Å². The molecule has 0 atom stereocenters. The van der Waals surface area contributed by atoms with Gasteiger partial charge < -0.3 is 20.1 Å². The Morgan fingerprint density at radius 3 is 2.16 bits per heavy atom. The molecule has 6 nitrogen and oxygen atoms in total. The van der Waals surface area contributed by atoms with Gasteiger partial charge in [-0.1, -0.05) is 12.1 Å². The summed E-state index contributed by atoms with van der Waals surface area (Å²) in [7, 11) is 0. The van der Waals surface area contributed by atoms with Crippen LogP contribution in [0.4, 0.5) is 23.2 Å². The molecule has 31 heavy (non-hydrogen) atoms. The second-order valence-electron chi connectivity index (χ2n) is 7.11. The van der Waals surface area contributed by atoms with Crippen molar-refractivity contribution in [2.75, 3.05) is 25.1 Å². The third kappa shape index (κ3) is 6.17. The van der Waals surface area contributed by atoms with Crippen molar-refractivity contribution in [3.63, 3.8) is 0 Å². The SMILES string of the molecule is O=C(NCC1(c2ccc(F)cc2)CCOCC1)C(=O)Nc1ccc(OC(F)(F)F)cc1. The van der Waals surface area contributed by atoms with Crippen LogP contribution in [0.2, 0.25) is 0 Å². The highest BCUT2D eigenvalue weighted by Gasteiger charge is 2.35. The van der Waals surface area contributed by atoms with Gasteiger partial charge in [0.15, 0.2) is 0 Å². The van der Waals surface area contributed by atoms with E-state index in [9.17, 15) is 27.2 Å². The second-order valence-corrected chi connectivity index (χ2v) is 7.11. The first-order valence-electron chi connectivity index (χ1n) is 9.46. The van der Waals surface area contributed by atoms with Crippen molar-refractivity contribution < 1.29 is 36.6 Å². The summed E-state index contributed by atoms with van der Waals surface area (Å²) in [5.74, 6) is -2.69. The first-order chi connectivity index (χ1) is 14.7. The fourth-order valence-electron chi connectivity index (χ4n) is 3.39. The van der Waals surface area contributed by atoms with Gasteiger partial charge in [0.2, 0.25) is 0 Å². The minimum absolute atomic E-state index is 0.133. The molecule has 0 radical (unpaired) electrons. The number of alkyl halides is 3. The first kappa shape index (κ1) is 22.5. The van der Waals surface area contributed by atoms with E-state index in [0.717, 1.165) is 17.7 Å². The molecular weight excluding hydrogens is 420 g/mol. The van der Waals surface area contributed by atoms with Crippen molar-refractivity contribution in [3.8, 4) is 5.75 Å². The van der Waals surface area contributed by atoms with Crippen molar-refractivity contribution in [1.82, 2.24) is 5.32 Å². The van der Waals surface area contributed by atoms with E-state index >= 15 is 0 Å². The van der Waals surface area contributed by atoms with Crippen LogP contribution in [0.5, 0.6) is 5.75 Å². The Hall–Kier alpha value is -3.14. The molecule has 2 aromatic carbocycles. The lowest BCUT2D eigenvalue weighted by molar-refractivity contribution is -0.274. The fraction of sp³-hybridized carbons (Fsp3) is 0.333. The van der Waals surface area contributed by atoms with Crippen LogP contribution in [0.25, 0.3) is 0 Å². The van der Waals surface area contributed by atoms with Gasteiger partial charge in [-0.15, -0.1) is 13.2 Å². The Bertz CT molecular complexity index is 908. The number of rotatable bonds is 5. The number of amides is 2. The molecule has 166 valence electrons. The maximum Gasteiger partial charge on any atom is 0.573 e. The Balaban J connectivity index is 1.60. The molecule has 3 rings (SSSR count). The monoisotopic (exact) mass is 440 g/mol. The molecule has 0 aromatic heterocycles. The summed E-state index contributed by atoms with van der Waals surface area (Å²) in [5.41, 5.74) is 0.463. The number of ether oxygens (including phenoxy) is 2. The number of hydrogen-bond donors (Lipinski definition) is 2. The molecule has 1 fully saturated rings. The van der Waals surface area contributed by atoms with E-state index < -0.39 is 29.3 Å². The lowest BCUT2D eigenvalue weighted by Gasteiger charge is -2.37. The zero-order chi connectivity index (χ0) is 22.5. The molecular formula is C21H20F4N2O4. The van der Waals surface area contributed by atoms with Crippen LogP contribution >= 0.6 is 0 Å². The van der Waals surface area contributed by atoms with Gasteiger partial charge >= 0.3 is 18.2 Å². The fourth-order valence-corrected chi connectivity index (χ4v) is 3.39. The molecule has 1 aliphatic rings. The normalized spacial score (nSPS) is 15.7. The molecule has 0 unspecified atom stereocenters. The number of halogens is 4. The maximum atomic E-state index is 13.3. The Morgan fingerprint density at radius 1 is 0.968 bits per heavy atom. The van der Waals surface area contributed by atoms with Crippen LogP contribution in [-0.2, 0) is 19.7 Å². The van der Waals surface area contributed by atoms with E-state index in [1.54, 1.807) is 12.1 Å². The molecule has 0 aliphatic carbocycles. The molecule has 2 aromatic rings. The number of nitrogens with one attached hydrogen (secondary N) is 2. The highest BCUT2D eigenvalue weighted by molar-refractivity contribution is 6.39. The van der Waals surface area contributed by atoms with Crippen LogP contribution in [-0.4, -0.2) is 37.9 Å². The quantitative estimate of drug-likeness (QED) is 0.551.